The third-order valence-corrected chi connectivity index (χ3v) is 4.48. The number of hydrogen-bond acceptors (Lipinski definition) is 3. The minimum absolute atomic E-state index is 0.318. The van der Waals surface area contributed by atoms with Gasteiger partial charge in [0, 0.05) is 25.7 Å². The number of rotatable bonds is 6. The Labute approximate surface area is 133 Å². The molecule has 1 aromatic carbocycles. The van der Waals surface area contributed by atoms with Gasteiger partial charge in [0.2, 0.25) is 0 Å². The van der Waals surface area contributed by atoms with Crippen LogP contribution in [0.5, 0.6) is 0 Å². The van der Waals surface area contributed by atoms with E-state index in [1.54, 1.807) is 0 Å². The van der Waals surface area contributed by atoms with Gasteiger partial charge in [-0.1, -0.05) is 24.6 Å². The molecule has 3 nitrogen and oxygen atoms in total. The van der Waals surface area contributed by atoms with Crippen molar-refractivity contribution in [2.75, 3.05) is 31.6 Å². The Morgan fingerprint density at radius 1 is 1.48 bits per heavy atom. The highest BCUT2D eigenvalue weighted by atomic mass is 35.5. The first-order chi connectivity index (χ1) is 10.2. The van der Waals surface area contributed by atoms with Crippen LogP contribution in [0, 0.1) is 0 Å². The van der Waals surface area contributed by atoms with Crippen molar-refractivity contribution in [3.8, 4) is 0 Å². The minimum atomic E-state index is 0.318. The van der Waals surface area contributed by atoms with Crippen LogP contribution in [0.25, 0.3) is 0 Å². The van der Waals surface area contributed by atoms with Crippen molar-refractivity contribution in [3.63, 3.8) is 0 Å². The summed E-state index contributed by atoms with van der Waals surface area (Å²) in [5, 5.41) is 4.08. The van der Waals surface area contributed by atoms with E-state index in [0.717, 1.165) is 43.2 Å². The van der Waals surface area contributed by atoms with Crippen molar-refractivity contribution in [1.82, 2.24) is 5.32 Å². The number of nitrogens with one attached hydrogen (secondary N) is 1. The van der Waals surface area contributed by atoms with Gasteiger partial charge in [-0.2, -0.15) is 0 Å². The zero-order chi connectivity index (χ0) is 15.2. The van der Waals surface area contributed by atoms with Crippen LogP contribution in [-0.2, 0) is 4.74 Å². The van der Waals surface area contributed by atoms with Crippen LogP contribution >= 0.6 is 11.6 Å². The number of halogens is 1. The first-order valence-corrected chi connectivity index (χ1v) is 8.36. The Morgan fingerprint density at radius 2 is 2.29 bits per heavy atom. The average molecular weight is 311 g/mol. The SMILES string of the molecule is CCCOC1CCCN(c2ccc(C(C)NC)cc2Cl)C1. The van der Waals surface area contributed by atoms with Crippen molar-refractivity contribution < 1.29 is 4.74 Å². The van der Waals surface area contributed by atoms with E-state index >= 15 is 0 Å². The van der Waals surface area contributed by atoms with E-state index in [9.17, 15) is 0 Å². The molecule has 2 unspecified atom stereocenters. The van der Waals surface area contributed by atoms with Crippen LogP contribution in [-0.4, -0.2) is 32.8 Å². The van der Waals surface area contributed by atoms with Gasteiger partial charge in [-0.25, -0.2) is 0 Å². The Hall–Kier alpha value is -0.770. The van der Waals surface area contributed by atoms with Gasteiger partial charge in [-0.05, 0) is 50.9 Å². The van der Waals surface area contributed by atoms with E-state index in [2.05, 4.69) is 42.3 Å². The maximum atomic E-state index is 6.51. The highest BCUT2D eigenvalue weighted by Gasteiger charge is 2.22. The third kappa shape index (κ3) is 4.35. The fraction of sp³-hybridized carbons (Fsp3) is 0.647. The van der Waals surface area contributed by atoms with Crippen LogP contribution < -0.4 is 10.2 Å². The van der Waals surface area contributed by atoms with E-state index in [0.29, 0.717) is 12.1 Å². The highest BCUT2D eigenvalue weighted by molar-refractivity contribution is 6.33. The van der Waals surface area contributed by atoms with Crippen LogP contribution in [0.2, 0.25) is 5.02 Å². The number of anilines is 1. The van der Waals surface area contributed by atoms with Crippen LogP contribution in [0.15, 0.2) is 18.2 Å². The van der Waals surface area contributed by atoms with Gasteiger partial charge in [-0.15, -0.1) is 0 Å². The quantitative estimate of drug-likeness (QED) is 0.859. The van der Waals surface area contributed by atoms with Crippen molar-refractivity contribution in [3.05, 3.63) is 28.8 Å². The van der Waals surface area contributed by atoms with Crippen molar-refractivity contribution >= 4 is 17.3 Å². The molecule has 2 rings (SSSR count). The van der Waals surface area contributed by atoms with E-state index in [1.807, 2.05) is 7.05 Å². The molecule has 0 radical (unpaired) electrons. The summed E-state index contributed by atoms with van der Waals surface area (Å²) in [5.74, 6) is 0. The molecule has 2 atom stereocenters. The number of piperidine rings is 1. The topological polar surface area (TPSA) is 24.5 Å². The molecule has 1 aliphatic heterocycles. The van der Waals surface area contributed by atoms with Gasteiger partial charge >= 0.3 is 0 Å². The molecular formula is C17H27ClN2O. The largest absolute Gasteiger partial charge is 0.376 e. The van der Waals surface area contributed by atoms with Crippen LogP contribution in [0.3, 0.4) is 0 Å². The summed E-state index contributed by atoms with van der Waals surface area (Å²) in [5.41, 5.74) is 2.36. The average Bonchev–Trinajstić information content (AvgIpc) is 2.52. The van der Waals surface area contributed by atoms with Gasteiger partial charge in [0.15, 0.2) is 0 Å². The van der Waals surface area contributed by atoms with E-state index in [1.165, 1.54) is 12.0 Å². The standard InChI is InChI=1S/C17H27ClN2O/c1-4-10-21-15-6-5-9-20(12-15)17-8-7-14(11-16(17)18)13(2)19-3/h7-8,11,13,15,19H,4-6,9-10,12H2,1-3H3. The molecule has 0 aliphatic carbocycles. The molecule has 21 heavy (non-hydrogen) atoms. The fourth-order valence-corrected chi connectivity index (χ4v) is 3.10. The van der Waals surface area contributed by atoms with Crippen molar-refractivity contribution in [2.24, 2.45) is 0 Å². The summed E-state index contributed by atoms with van der Waals surface area (Å²) in [6.07, 6.45) is 3.74. The molecule has 0 amide bonds. The molecule has 1 saturated heterocycles. The monoisotopic (exact) mass is 310 g/mol. The predicted molar refractivity (Wildman–Crippen MR) is 90.4 cm³/mol. The molecule has 0 saturated carbocycles. The van der Waals surface area contributed by atoms with Gasteiger partial charge in [0.1, 0.15) is 0 Å². The minimum Gasteiger partial charge on any atom is -0.376 e. The zero-order valence-corrected chi connectivity index (χ0v) is 14.1. The highest BCUT2D eigenvalue weighted by Crippen LogP contribution is 2.31. The van der Waals surface area contributed by atoms with Gasteiger partial charge in [0.25, 0.3) is 0 Å². The number of hydrogen-bond donors (Lipinski definition) is 1. The summed E-state index contributed by atoms with van der Waals surface area (Å²) in [6.45, 7) is 7.15. The maximum absolute atomic E-state index is 6.51. The summed E-state index contributed by atoms with van der Waals surface area (Å²) < 4.78 is 5.91. The second-order valence-corrected chi connectivity index (χ2v) is 6.21. The maximum Gasteiger partial charge on any atom is 0.0750 e. The van der Waals surface area contributed by atoms with E-state index < -0.39 is 0 Å². The number of ether oxygens (including phenoxy) is 1. The number of nitrogens with zero attached hydrogens (tertiary/aromatic N) is 1. The molecule has 0 spiro atoms. The molecule has 0 bridgehead atoms. The molecule has 4 heteroatoms. The van der Waals surface area contributed by atoms with Crippen LogP contribution in [0.4, 0.5) is 5.69 Å². The Balaban J connectivity index is 2.06. The molecule has 118 valence electrons. The van der Waals surface area contributed by atoms with Crippen LogP contribution in [0.1, 0.15) is 44.7 Å². The lowest BCUT2D eigenvalue weighted by molar-refractivity contribution is 0.0440. The molecule has 1 aliphatic rings. The molecule has 1 N–H and O–H groups in total. The third-order valence-electron chi connectivity index (χ3n) is 4.18. The van der Waals surface area contributed by atoms with E-state index in [-0.39, 0.29) is 0 Å². The second kappa shape index (κ2) is 8.02. The molecular weight excluding hydrogens is 284 g/mol. The number of benzene rings is 1. The normalized spacial score (nSPS) is 20.6. The summed E-state index contributed by atoms with van der Waals surface area (Å²) in [4.78, 5) is 2.36. The molecule has 1 aromatic rings. The first kappa shape index (κ1) is 16.6. The van der Waals surface area contributed by atoms with Gasteiger partial charge in [0.05, 0.1) is 16.8 Å². The smallest absolute Gasteiger partial charge is 0.0750 e. The summed E-state index contributed by atoms with van der Waals surface area (Å²) >= 11 is 6.51. The second-order valence-electron chi connectivity index (χ2n) is 5.80. The van der Waals surface area contributed by atoms with Crippen molar-refractivity contribution in [1.29, 1.82) is 0 Å². The van der Waals surface area contributed by atoms with Crippen molar-refractivity contribution in [2.45, 2.75) is 45.3 Å². The summed E-state index contributed by atoms with van der Waals surface area (Å²) in [7, 11) is 1.97. The zero-order valence-electron chi connectivity index (χ0n) is 13.4. The lowest BCUT2D eigenvalue weighted by Crippen LogP contribution is -2.40. The van der Waals surface area contributed by atoms with Gasteiger partial charge in [-0.3, -0.25) is 0 Å². The molecule has 1 heterocycles. The Kier molecular flexibility index (Phi) is 6.34. The Morgan fingerprint density at radius 3 is 2.95 bits per heavy atom. The summed E-state index contributed by atoms with van der Waals surface area (Å²) in [6, 6.07) is 6.71. The first-order valence-electron chi connectivity index (χ1n) is 7.99. The Bertz CT molecular complexity index is 452. The predicted octanol–water partition coefficient (Wildman–Crippen LogP) is 4.02. The van der Waals surface area contributed by atoms with E-state index in [4.69, 9.17) is 16.3 Å². The molecule has 0 aromatic heterocycles. The lowest BCUT2D eigenvalue weighted by atomic mass is 10.0. The molecule has 1 fully saturated rings. The lowest BCUT2D eigenvalue weighted by Gasteiger charge is -2.35. The fourth-order valence-electron chi connectivity index (χ4n) is 2.79. The van der Waals surface area contributed by atoms with Gasteiger partial charge < -0.3 is 15.0 Å².